The van der Waals surface area contributed by atoms with Crippen LogP contribution in [0.25, 0.3) is 0 Å². The second-order valence-electron chi connectivity index (χ2n) is 3.34. The zero-order chi connectivity index (χ0) is 11.7. The van der Waals surface area contributed by atoms with Crippen molar-refractivity contribution in [2.75, 3.05) is 0 Å². The van der Waals surface area contributed by atoms with Crippen LogP contribution in [0.15, 0.2) is 18.2 Å². The maximum atomic E-state index is 11.5. The van der Waals surface area contributed by atoms with Gasteiger partial charge in [-0.2, -0.15) is 0 Å². The average molecular weight is 322 g/mol. The van der Waals surface area contributed by atoms with Gasteiger partial charge in [0.15, 0.2) is 0 Å². The Kier molecular flexibility index (Phi) is 3.55. The summed E-state index contributed by atoms with van der Waals surface area (Å²) in [5.74, 6) is -0.0824. The number of hydrogen-bond donors (Lipinski definition) is 2. The van der Waals surface area contributed by atoms with Crippen molar-refractivity contribution in [3.63, 3.8) is 0 Å². The Bertz CT molecular complexity index is 464. The maximum absolute atomic E-state index is 11.5. The molecular weight excluding hydrogens is 314 g/mol. The van der Waals surface area contributed by atoms with Crippen LogP contribution >= 0.6 is 23.2 Å². The third kappa shape index (κ3) is 2.41. The van der Waals surface area contributed by atoms with E-state index in [1.165, 1.54) is 0 Å². The molecule has 6 heteroatoms. The number of rotatable bonds is 2. The minimum absolute atomic E-state index is 0.0824. The molecule has 0 spiro atoms. The molecule has 1 aromatic carbocycles. The summed E-state index contributed by atoms with van der Waals surface area (Å²) >= 11 is 11.8. The molecule has 0 aromatic heterocycles. The summed E-state index contributed by atoms with van der Waals surface area (Å²) in [4.78, 5) is 11.3. The molecule has 0 bridgehead atoms. The van der Waals surface area contributed by atoms with Crippen LogP contribution in [0.5, 0.6) is 0 Å². The Balaban J connectivity index is 2.18. The molecule has 16 heavy (non-hydrogen) atoms. The van der Waals surface area contributed by atoms with Crippen molar-refractivity contribution >= 4 is 48.8 Å². The second-order valence-corrected chi connectivity index (χ2v) is 6.67. The first kappa shape index (κ1) is 11.9. The van der Waals surface area contributed by atoms with Crippen LogP contribution in [0.4, 0.5) is 0 Å². The molecule has 84 valence electrons. The molecule has 1 unspecified atom stereocenters. The number of hydrogen-bond acceptors (Lipinski definition) is 2. The summed E-state index contributed by atoms with van der Waals surface area (Å²) in [6.45, 7) is 0. The predicted octanol–water partition coefficient (Wildman–Crippen LogP) is 2.09. The minimum atomic E-state index is -0.143. The summed E-state index contributed by atoms with van der Waals surface area (Å²) in [7, 11) is 0. The summed E-state index contributed by atoms with van der Waals surface area (Å²) in [6, 6.07) is 5.39. The Morgan fingerprint density at radius 1 is 1.44 bits per heavy atom. The molecule has 0 radical (unpaired) electrons. The molecule has 1 saturated heterocycles. The summed E-state index contributed by atoms with van der Waals surface area (Å²) in [6.07, 6.45) is 0.549. The topological polar surface area (TPSA) is 53.0 Å². The zero-order valence-electron chi connectivity index (χ0n) is 8.09. The average Bonchev–Trinajstić information content (AvgIpc) is 2.53. The number of carbonyl (C=O) groups is 1. The van der Waals surface area contributed by atoms with Crippen LogP contribution in [0.1, 0.15) is 5.56 Å². The number of amidine groups is 1. The van der Waals surface area contributed by atoms with E-state index in [2.05, 4.69) is 5.32 Å². The first-order valence-corrected chi connectivity index (χ1v) is 7.17. The van der Waals surface area contributed by atoms with Gasteiger partial charge in [-0.1, -0.05) is 0 Å². The van der Waals surface area contributed by atoms with Gasteiger partial charge in [0.05, 0.1) is 0 Å². The molecule has 1 aliphatic heterocycles. The van der Waals surface area contributed by atoms with E-state index < -0.39 is 0 Å². The number of halogens is 2. The molecule has 0 aliphatic carbocycles. The van der Waals surface area contributed by atoms with Crippen LogP contribution in [-0.2, 0) is 11.2 Å². The fourth-order valence-corrected chi connectivity index (χ4v) is 3.69. The van der Waals surface area contributed by atoms with Crippen molar-refractivity contribution in [3.05, 3.63) is 33.8 Å². The molecule has 3 nitrogen and oxygen atoms in total. The van der Waals surface area contributed by atoms with E-state index in [-0.39, 0.29) is 25.7 Å². The van der Waals surface area contributed by atoms with Crippen molar-refractivity contribution in [1.29, 1.82) is 5.41 Å². The van der Waals surface area contributed by atoms with Gasteiger partial charge in [0.2, 0.25) is 0 Å². The van der Waals surface area contributed by atoms with Gasteiger partial charge >= 0.3 is 109 Å². The van der Waals surface area contributed by atoms with Crippen molar-refractivity contribution in [1.82, 2.24) is 5.32 Å². The molecule has 2 rings (SSSR count). The van der Waals surface area contributed by atoms with Gasteiger partial charge < -0.3 is 0 Å². The Morgan fingerprint density at radius 2 is 2.19 bits per heavy atom. The van der Waals surface area contributed by atoms with Gasteiger partial charge in [-0.15, -0.1) is 0 Å². The van der Waals surface area contributed by atoms with Crippen LogP contribution in [-0.4, -0.2) is 25.6 Å². The molecule has 1 heterocycles. The molecule has 1 fully saturated rings. The van der Waals surface area contributed by atoms with Gasteiger partial charge in [-0.05, 0) is 0 Å². The SMILES string of the molecule is N=C1NC(=O)C(Cc2cccc(Cl)c2Cl)[Se]1. The van der Waals surface area contributed by atoms with E-state index in [4.69, 9.17) is 28.6 Å². The number of amides is 1. The summed E-state index contributed by atoms with van der Waals surface area (Å²) < 4.78 is 0.334. The molecule has 0 saturated carbocycles. The summed E-state index contributed by atoms with van der Waals surface area (Å²) in [5.41, 5.74) is 0.867. The second kappa shape index (κ2) is 4.76. The van der Waals surface area contributed by atoms with Crippen molar-refractivity contribution in [2.45, 2.75) is 11.2 Å². The molecule has 2 N–H and O–H groups in total. The molecule has 1 amide bonds. The molecule has 1 atom stereocenters. The third-order valence-electron chi connectivity index (χ3n) is 2.23. The summed E-state index contributed by atoms with van der Waals surface area (Å²) in [5, 5.41) is 10.9. The van der Waals surface area contributed by atoms with Crippen LogP contribution < -0.4 is 5.32 Å². The van der Waals surface area contributed by atoms with Crippen LogP contribution in [0, 0.1) is 5.41 Å². The number of nitrogens with one attached hydrogen (secondary N) is 2. The molecule has 1 aliphatic rings. The van der Waals surface area contributed by atoms with Gasteiger partial charge in [0, 0.05) is 0 Å². The van der Waals surface area contributed by atoms with Gasteiger partial charge in [-0.3, -0.25) is 0 Å². The van der Waals surface area contributed by atoms with Crippen molar-refractivity contribution in [2.24, 2.45) is 0 Å². The van der Waals surface area contributed by atoms with Gasteiger partial charge in [-0.25, -0.2) is 0 Å². The van der Waals surface area contributed by atoms with Crippen LogP contribution in [0.3, 0.4) is 0 Å². The van der Waals surface area contributed by atoms with E-state index in [0.717, 1.165) is 5.56 Å². The quantitative estimate of drug-likeness (QED) is 0.805. The van der Waals surface area contributed by atoms with E-state index in [0.29, 0.717) is 21.2 Å². The first-order valence-electron chi connectivity index (χ1n) is 4.57. The third-order valence-corrected chi connectivity index (χ3v) is 5.19. The van der Waals surface area contributed by atoms with Crippen molar-refractivity contribution < 1.29 is 4.79 Å². The van der Waals surface area contributed by atoms with Gasteiger partial charge in [0.1, 0.15) is 0 Å². The van der Waals surface area contributed by atoms with Crippen LogP contribution in [0.2, 0.25) is 14.9 Å². The monoisotopic (exact) mass is 322 g/mol. The fraction of sp³-hybridized carbons (Fsp3) is 0.200. The Morgan fingerprint density at radius 3 is 2.81 bits per heavy atom. The number of carbonyl (C=O) groups excluding carboxylic acids is 1. The Labute approximate surface area is 109 Å². The van der Waals surface area contributed by atoms with E-state index >= 15 is 0 Å². The fourth-order valence-electron chi connectivity index (χ4n) is 1.46. The molecular formula is C10H8Cl2N2OSe. The van der Waals surface area contributed by atoms with Crippen molar-refractivity contribution in [3.8, 4) is 0 Å². The Hall–Kier alpha value is -0.541. The predicted molar refractivity (Wildman–Crippen MR) is 65.5 cm³/mol. The van der Waals surface area contributed by atoms with Gasteiger partial charge in [0.25, 0.3) is 0 Å². The first-order chi connectivity index (χ1) is 7.58. The van der Waals surface area contributed by atoms with E-state index in [1.54, 1.807) is 6.07 Å². The standard InChI is InChI=1S/C10H8Cl2N2OSe/c11-6-3-1-2-5(8(6)12)4-7-9(15)14-10(13)16-7/h1-3,7H,4H2,(H2,13,14,15). The molecule has 1 aromatic rings. The zero-order valence-corrected chi connectivity index (χ0v) is 11.3. The number of benzene rings is 1. The van der Waals surface area contributed by atoms with E-state index in [9.17, 15) is 4.79 Å². The normalized spacial score (nSPS) is 20.0. The van der Waals surface area contributed by atoms with E-state index in [1.807, 2.05) is 12.1 Å².